The second-order valence-corrected chi connectivity index (χ2v) is 3.16. The first kappa shape index (κ1) is 13.8. The number of hydrogen-bond donors (Lipinski definition) is 2. The fraction of sp³-hybridized carbons (Fsp3) is 0.200. The van der Waals surface area contributed by atoms with Crippen LogP contribution in [0.2, 0.25) is 0 Å². The summed E-state index contributed by atoms with van der Waals surface area (Å²) in [5, 5.41) is 10.4. The minimum atomic E-state index is -4.90. The zero-order valence-corrected chi connectivity index (χ0v) is 8.82. The number of anilines is 1. The van der Waals surface area contributed by atoms with Crippen LogP contribution in [0.15, 0.2) is 24.3 Å². The van der Waals surface area contributed by atoms with Gasteiger partial charge < -0.3 is 15.2 Å². The van der Waals surface area contributed by atoms with Gasteiger partial charge in [0, 0.05) is 0 Å². The molecule has 18 heavy (non-hydrogen) atoms. The molecule has 5 nitrogen and oxygen atoms in total. The summed E-state index contributed by atoms with van der Waals surface area (Å²) in [6.07, 6.45) is -5.74. The Labute approximate surface area is 99.2 Å². The van der Waals surface area contributed by atoms with Crippen molar-refractivity contribution in [1.29, 1.82) is 0 Å². The molecule has 1 rings (SSSR count). The van der Waals surface area contributed by atoms with Crippen LogP contribution >= 0.6 is 0 Å². The molecule has 0 aromatic heterocycles. The number of benzene rings is 1. The maximum atomic E-state index is 12.0. The Morgan fingerprint density at radius 2 is 1.89 bits per heavy atom. The number of amides is 1. The number of aliphatic carboxylic acids is 1. The second-order valence-electron chi connectivity index (χ2n) is 3.16. The van der Waals surface area contributed by atoms with E-state index in [1.807, 2.05) is 5.32 Å². The molecule has 0 unspecified atom stereocenters. The fourth-order valence-electron chi connectivity index (χ4n) is 1.12. The van der Waals surface area contributed by atoms with Crippen molar-refractivity contribution in [3.63, 3.8) is 0 Å². The zero-order chi connectivity index (χ0) is 13.8. The van der Waals surface area contributed by atoms with E-state index in [1.54, 1.807) is 0 Å². The van der Waals surface area contributed by atoms with Crippen LogP contribution in [-0.4, -0.2) is 23.3 Å². The summed E-state index contributed by atoms with van der Waals surface area (Å²) in [6, 6.07) is 4.83. The Morgan fingerprint density at radius 1 is 1.28 bits per heavy atom. The number of para-hydroxylation sites is 2. The Bertz CT molecular complexity index is 459. The first-order chi connectivity index (χ1) is 8.28. The lowest BCUT2D eigenvalue weighted by Crippen LogP contribution is -2.20. The Kier molecular flexibility index (Phi) is 4.13. The van der Waals surface area contributed by atoms with E-state index in [4.69, 9.17) is 5.11 Å². The van der Waals surface area contributed by atoms with Gasteiger partial charge in [-0.15, -0.1) is 13.2 Å². The molecule has 0 saturated heterocycles. The van der Waals surface area contributed by atoms with Crippen LogP contribution in [-0.2, 0) is 9.59 Å². The molecule has 0 aliphatic heterocycles. The molecule has 0 atom stereocenters. The average molecular weight is 263 g/mol. The highest BCUT2D eigenvalue weighted by Gasteiger charge is 2.32. The molecular weight excluding hydrogens is 255 g/mol. The quantitative estimate of drug-likeness (QED) is 0.814. The van der Waals surface area contributed by atoms with E-state index in [9.17, 15) is 22.8 Å². The summed E-state index contributed by atoms with van der Waals surface area (Å²) in [5.41, 5.74) is -0.249. The predicted octanol–water partition coefficient (Wildman–Crippen LogP) is 2.00. The van der Waals surface area contributed by atoms with Crippen LogP contribution in [0, 0.1) is 0 Å². The summed E-state index contributed by atoms with van der Waals surface area (Å²) in [4.78, 5) is 21.4. The highest BCUT2D eigenvalue weighted by Crippen LogP contribution is 2.29. The number of carboxylic acids is 1. The van der Waals surface area contributed by atoms with Crippen LogP contribution in [0.25, 0.3) is 0 Å². The van der Waals surface area contributed by atoms with E-state index < -0.39 is 30.4 Å². The van der Waals surface area contributed by atoms with Gasteiger partial charge >= 0.3 is 12.3 Å². The highest BCUT2D eigenvalue weighted by molar-refractivity contribution is 6.02. The lowest BCUT2D eigenvalue weighted by Gasteiger charge is -2.13. The van der Waals surface area contributed by atoms with Gasteiger partial charge in [0.1, 0.15) is 6.42 Å². The van der Waals surface area contributed by atoms with E-state index in [0.717, 1.165) is 6.07 Å². The van der Waals surface area contributed by atoms with Crippen LogP contribution in [0.5, 0.6) is 5.75 Å². The van der Waals surface area contributed by atoms with Gasteiger partial charge in [-0.2, -0.15) is 0 Å². The van der Waals surface area contributed by atoms with Crippen molar-refractivity contribution in [2.75, 3.05) is 5.32 Å². The van der Waals surface area contributed by atoms with Gasteiger partial charge in [0.05, 0.1) is 5.69 Å². The summed E-state index contributed by atoms with van der Waals surface area (Å²) in [5.74, 6) is -2.94. The predicted molar refractivity (Wildman–Crippen MR) is 54.0 cm³/mol. The molecule has 0 aliphatic rings. The third-order valence-corrected chi connectivity index (χ3v) is 1.70. The lowest BCUT2D eigenvalue weighted by molar-refractivity contribution is -0.274. The zero-order valence-electron chi connectivity index (χ0n) is 8.82. The summed E-state index contributed by atoms with van der Waals surface area (Å²) < 4.78 is 39.8. The standard InChI is InChI=1S/C10H8F3NO4/c11-10(12,13)18-7-4-2-1-3-6(7)14-8(15)5-9(16)17/h1-4H,5H2,(H,14,15)(H,16,17). The summed E-state index contributed by atoms with van der Waals surface area (Å²) in [7, 11) is 0. The molecule has 2 N–H and O–H groups in total. The molecule has 1 aromatic rings. The van der Waals surface area contributed by atoms with Crippen molar-refractivity contribution in [2.24, 2.45) is 0 Å². The molecule has 1 amide bonds. The van der Waals surface area contributed by atoms with Gasteiger partial charge in [0.25, 0.3) is 0 Å². The van der Waals surface area contributed by atoms with E-state index in [1.165, 1.54) is 18.2 Å². The summed E-state index contributed by atoms with van der Waals surface area (Å²) >= 11 is 0. The van der Waals surface area contributed by atoms with Crippen molar-refractivity contribution in [2.45, 2.75) is 12.8 Å². The number of halogens is 3. The third kappa shape index (κ3) is 4.73. The summed E-state index contributed by atoms with van der Waals surface area (Å²) in [6.45, 7) is 0. The van der Waals surface area contributed by atoms with Crippen LogP contribution in [0.4, 0.5) is 18.9 Å². The molecule has 0 heterocycles. The third-order valence-electron chi connectivity index (χ3n) is 1.70. The molecule has 1 aromatic carbocycles. The Morgan fingerprint density at radius 3 is 2.44 bits per heavy atom. The van der Waals surface area contributed by atoms with Crippen molar-refractivity contribution in [3.05, 3.63) is 24.3 Å². The number of hydrogen-bond acceptors (Lipinski definition) is 3. The highest BCUT2D eigenvalue weighted by atomic mass is 19.4. The van der Waals surface area contributed by atoms with Crippen molar-refractivity contribution in [3.8, 4) is 5.75 Å². The van der Waals surface area contributed by atoms with E-state index in [2.05, 4.69) is 4.74 Å². The first-order valence-corrected chi connectivity index (χ1v) is 4.64. The van der Waals surface area contributed by atoms with Crippen molar-refractivity contribution >= 4 is 17.6 Å². The SMILES string of the molecule is O=C(O)CC(=O)Nc1ccccc1OC(F)(F)F. The maximum Gasteiger partial charge on any atom is 0.573 e. The minimum Gasteiger partial charge on any atom is -0.481 e. The van der Waals surface area contributed by atoms with Crippen molar-refractivity contribution < 1.29 is 32.6 Å². The lowest BCUT2D eigenvalue weighted by atomic mass is 10.3. The van der Waals surface area contributed by atoms with Gasteiger partial charge in [0.2, 0.25) is 5.91 Å². The molecule has 8 heteroatoms. The van der Waals surface area contributed by atoms with Gasteiger partial charge in [-0.05, 0) is 12.1 Å². The number of rotatable bonds is 4. The molecule has 98 valence electrons. The topological polar surface area (TPSA) is 75.6 Å². The number of carboxylic acid groups (broad SMARTS) is 1. The molecule has 0 aliphatic carbocycles. The second kappa shape index (κ2) is 5.39. The monoisotopic (exact) mass is 263 g/mol. The molecule has 0 fully saturated rings. The molecule has 0 bridgehead atoms. The maximum absolute atomic E-state index is 12.0. The molecule has 0 spiro atoms. The number of carbonyl (C=O) groups excluding carboxylic acids is 1. The first-order valence-electron chi connectivity index (χ1n) is 4.64. The fourth-order valence-corrected chi connectivity index (χ4v) is 1.12. The van der Waals surface area contributed by atoms with E-state index in [-0.39, 0.29) is 5.69 Å². The van der Waals surface area contributed by atoms with Crippen molar-refractivity contribution in [1.82, 2.24) is 0 Å². The average Bonchev–Trinajstić information content (AvgIpc) is 2.17. The Hall–Kier alpha value is -2.25. The number of ether oxygens (including phenoxy) is 1. The number of alkyl halides is 3. The van der Waals surface area contributed by atoms with Crippen LogP contribution in [0.3, 0.4) is 0 Å². The van der Waals surface area contributed by atoms with Gasteiger partial charge in [-0.3, -0.25) is 9.59 Å². The molecule has 0 saturated carbocycles. The number of nitrogens with one attached hydrogen (secondary N) is 1. The minimum absolute atomic E-state index is 0.249. The van der Waals surface area contributed by atoms with E-state index in [0.29, 0.717) is 0 Å². The van der Waals surface area contributed by atoms with Gasteiger partial charge in [0.15, 0.2) is 5.75 Å². The van der Waals surface area contributed by atoms with Gasteiger partial charge in [-0.1, -0.05) is 12.1 Å². The number of carbonyl (C=O) groups is 2. The van der Waals surface area contributed by atoms with Gasteiger partial charge in [-0.25, -0.2) is 0 Å². The normalized spacial score (nSPS) is 10.8. The smallest absolute Gasteiger partial charge is 0.481 e. The van der Waals surface area contributed by atoms with Crippen LogP contribution < -0.4 is 10.1 Å². The molecule has 0 radical (unpaired) electrons. The molecular formula is C10H8F3NO4. The van der Waals surface area contributed by atoms with E-state index >= 15 is 0 Å². The van der Waals surface area contributed by atoms with Crippen LogP contribution in [0.1, 0.15) is 6.42 Å². The Balaban J connectivity index is 2.82. The largest absolute Gasteiger partial charge is 0.573 e.